The lowest BCUT2D eigenvalue weighted by atomic mass is 10.1. The van der Waals surface area contributed by atoms with Crippen molar-refractivity contribution in [3.63, 3.8) is 0 Å². The molecule has 1 aromatic rings. The summed E-state index contributed by atoms with van der Waals surface area (Å²) in [6.45, 7) is 4.73. The molecule has 0 bridgehead atoms. The van der Waals surface area contributed by atoms with Gasteiger partial charge in [-0.1, -0.05) is 6.42 Å². The fraction of sp³-hybridized carbons (Fsp3) is 0.818. The quantitative estimate of drug-likeness (QED) is 0.858. The fourth-order valence-corrected chi connectivity index (χ4v) is 3.48. The van der Waals surface area contributed by atoms with Crippen molar-refractivity contribution < 1.29 is 0 Å². The monoisotopic (exact) mass is 253 g/mol. The summed E-state index contributed by atoms with van der Waals surface area (Å²) < 4.78 is 4.05. The van der Waals surface area contributed by atoms with Gasteiger partial charge in [0.25, 0.3) is 0 Å². The molecule has 94 valence electrons. The van der Waals surface area contributed by atoms with Gasteiger partial charge in [-0.2, -0.15) is 9.36 Å². The smallest absolute Gasteiger partial charge is 0.233 e. The van der Waals surface area contributed by atoms with Gasteiger partial charge in [-0.3, -0.25) is 4.90 Å². The van der Waals surface area contributed by atoms with Gasteiger partial charge < -0.3 is 10.6 Å². The highest BCUT2D eigenvalue weighted by Crippen LogP contribution is 2.26. The second-order valence-electron chi connectivity index (χ2n) is 4.92. The Morgan fingerprint density at radius 3 is 2.71 bits per heavy atom. The maximum atomic E-state index is 5.57. The molecule has 0 amide bonds. The molecule has 5 nitrogen and oxygen atoms in total. The number of nitrogens with two attached hydrogens (primary N) is 1. The van der Waals surface area contributed by atoms with E-state index in [0.717, 1.165) is 18.2 Å². The molecule has 2 saturated heterocycles. The molecule has 6 heteroatoms. The average Bonchev–Trinajstić information content (AvgIpc) is 2.98. The lowest BCUT2D eigenvalue weighted by Gasteiger charge is -2.32. The second kappa shape index (κ2) is 4.78. The van der Waals surface area contributed by atoms with Crippen LogP contribution in [-0.4, -0.2) is 46.5 Å². The largest absolute Gasteiger partial charge is 0.367 e. The predicted molar refractivity (Wildman–Crippen MR) is 70.4 cm³/mol. The van der Waals surface area contributed by atoms with E-state index in [0.29, 0.717) is 12.0 Å². The maximum Gasteiger partial charge on any atom is 0.233 e. The van der Waals surface area contributed by atoms with E-state index in [1.54, 1.807) is 0 Å². The minimum Gasteiger partial charge on any atom is -0.367 e. The Morgan fingerprint density at radius 1 is 1.18 bits per heavy atom. The number of rotatable bonds is 2. The second-order valence-corrected chi connectivity index (χ2v) is 5.65. The fourth-order valence-electron chi connectivity index (χ4n) is 2.85. The molecular formula is C11H19N5S. The molecule has 1 aromatic heterocycles. The Bertz CT molecular complexity index is 374. The molecule has 2 aliphatic heterocycles. The minimum absolute atomic E-state index is 0.409. The molecule has 3 heterocycles. The zero-order valence-corrected chi connectivity index (χ0v) is 10.8. The molecule has 1 atom stereocenters. The highest BCUT2D eigenvalue weighted by atomic mass is 32.1. The highest BCUT2D eigenvalue weighted by molar-refractivity contribution is 7.09. The van der Waals surface area contributed by atoms with Gasteiger partial charge in [-0.05, 0) is 32.4 Å². The van der Waals surface area contributed by atoms with Gasteiger partial charge >= 0.3 is 0 Å². The van der Waals surface area contributed by atoms with Gasteiger partial charge in [-0.25, -0.2) is 0 Å². The van der Waals surface area contributed by atoms with E-state index in [4.69, 9.17) is 5.73 Å². The average molecular weight is 253 g/mol. The van der Waals surface area contributed by atoms with Crippen LogP contribution in [0.2, 0.25) is 0 Å². The van der Waals surface area contributed by atoms with Crippen molar-refractivity contribution in [2.45, 2.75) is 31.7 Å². The lowest BCUT2D eigenvalue weighted by Crippen LogP contribution is -2.40. The van der Waals surface area contributed by atoms with Crippen LogP contribution in [0.5, 0.6) is 0 Å². The van der Waals surface area contributed by atoms with Gasteiger partial charge in [0, 0.05) is 30.7 Å². The molecule has 2 N–H and O–H groups in total. The first-order valence-corrected chi connectivity index (χ1v) is 7.18. The van der Waals surface area contributed by atoms with Gasteiger partial charge in [0.15, 0.2) is 0 Å². The zero-order chi connectivity index (χ0) is 11.7. The molecule has 1 unspecified atom stereocenters. The first kappa shape index (κ1) is 11.2. The molecule has 2 aliphatic rings. The molecule has 0 aliphatic carbocycles. The molecule has 3 rings (SSSR count). The summed E-state index contributed by atoms with van der Waals surface area (Å²) in [7, 11) is 0. The first-order valence-electron chi connectivity index (χ1n) is 6.41. The number of nitrogen functional groups attached to an aromatic ring is 1. The number of likely N-dealkylation sites (tertiary alicyclic amines) is 1. The van der Waals surface area contributed by atoms with Crippen LogP contribution in [0.25, 0.3) is 0 Å². The van der Waals surface area contributed by atoms with Crippen molar-refractivity contribution in [3.05, 3.63) is 0 Å². The van der Waals surface area contributed by atoms with E-state index in [9.17, 15) is 0 Å². The van der Waals surface area contributed by atoms with Gasteiger partial charge in [-0.15, -0.1) is 0 Å². The van der Waals surface area contributed by atoms with E-state index in [1.165, 1.54) is 50.3 Å². The Hall–Kier alpha value is -0.880. The minimum atomic E-state index is 0.409. The summed E-state index contributed by atoms with van der Waals surface area (Å²) in [6.07, 6.45) is 5.38. The molecule has 0 radical (unpaired) electrons. The van der Waals surface area contributed by atoms with Crippen molar-refractivity contribution in [2.24, 2.45) is 0 Å². The van der Waals surface area contributed by atoms with Crippen LogP contribution in [0.1, 0.15) is 25.7 Å². The van der Waals surface area contributed by atoms with Crippen molar-refractivity contribution >= 4 is 22.6 Å². The van der Waals surface area contributed by atoms with Gasteiger partial charge in [0.05, 0.1) is 0 Å². The maximum absolute atomic E-state index is 5.57. The number of hydrogen-bond donors (Lipinski definition) is 1. The van der Waals surface area contributed by atoms with E-state index in [2.05, 4.69) is 19.2 Å². The number of piperidine rings is 1. The molecular weight excluding hydrogens is 234 g/mol. The van der Waals surface area contributed by atoms with Crippen LogP contribution in [0.4, 0.5) is 11.1 Å². The van der Waals surface area contributed by atoms with Gasteiger partial charge in [0.2, 0.25) is 11.1 Å². The third-order valence-electron chi connectivity index (χ3n) is 3.77. The van der Waals surface area contributed by atoms with E-state index >= 15 is 0 Å². The zero-order valence-electron chi connectivity index (χ0n) is 10.0. The summed E-state index contributed by atoms with van der Waals surface area (Å²) in [4.78, 5) is 9.24. The highest BCUT2D eigenvalue weighted by Gasteiger charge is 2.29. The predicted octanol–water partition coefficient (Wildman–Crippen LogP) is 1.18. The molecule has 0 spiro atoms. The third kappa shape index (κ3) is 2.37. The summed E-state index contributed by atoms with van der Waals surface area (Å²) >= 11 is 1.42. The van der Waals surface area contributed by atoms with Crippen LogP contribution in [0.3, 0.4) is 0 Å². The number of anilines is 2. The Labute approximate surface area is 106 Å². The Morgan fingerprint density at radius 2 is 2.00 bits per heavy atom. The summed E-state index contributed by atoms with van der Waals surface area (Å²) in [5.41, 5.74) is 5.57. The van der Waals surface area contributed by atoms with E-state index in [1.807, 2.05) is 0 Å². The van der Waals surface area contributed by atoms with E-state index < -0.39 is 0 Å². The summed E-state index contributed by atoms with van der Waals surface area (Å²) in [6, 6.07) is 0.709. The number of nitrogens with zero attached hydrogens (tertiary/aromatic N) is 4. The van der Waals surface area contributed by atoms with Crippen LogP contribution in [0, 0.1) is 0 Å². The third-order valence-corrected chi connectivity index (χ3v) is 4.56. The Balaban J connectivity index is 1.61. The van der Waals surface area contributed by atoms with Crippen LogP contribution < -0.4 is 10.6 Å². The van der Waals surface area contributed by atoms with Crippen LogP contribution in [0.15, 0.2) is 0 Å². The molecule has 17 heavy (non-hydrogen) atoms. The SMILES string of the molecule is Nc1nsc(N2CCC(N3CCCCC3)C2)n1. The van der Waals surface area contributed by atoms with Crippen molar-refractivity contribution in [1.82, 2.24) is 14.3 Å². The lowest BCUT2D eigenvalue weighted by molar-refractivity contribution is 0.175. The van der Waals surface area contributed by atoms with E-state index in [-0.39, 0.29) is 0 Å². The molecule has 0 aromatic carbocycles. The first-order chi connectivity index (χ1) is 8.33. The number of hydrogen-bond acceptors (Lipinski definition) is 6. The Kier molecular flexibility index (Phi) is 3.15. The number of aromatic nitrogens is 2. The van der Waals surface area contributed by atoms with Crippen LogP contribution >= 0.6 is 11.5 Å². The summed E-state index contributed by atoms with van der Waals surface area (Å²) in [5.74, 6) is 0.409. The van der Waals surface area contributed by atoms with Crippen molar-refractivity contribution in [2.75, 3.05) is 36.8 Å². The van der Waals surface area contributed by atoms with Gasteiger partial charge in [0.1, 0.15) is 0 Å². The topological polar surface area (TPSA) is 58.3 Å². The van der Waals surface area contributed by atoms with Crippen LogP contribution in [-0.2, 0) is 0 Å². The van der Waals surface area contributed by atoms with Crippen molar-refractivity contribution in [1.29, 1.82) is 0 Å². The normalized spacial score (nSPS) is 26.6. The molecule has 0 saturated carbocycles. The summed E-state index contributed by atoms with van der Waals surface area (Å²) in [5, 5.41) is 0.988. The van der Waals surface area contributed by atoms with Crippen molar-refractivity contribution in [3.8, 4) is 0 Å². The standard InChI is InChI=1S/C11H19N5S/c12-10-13-11(17-14-10)16-7-4-9(8-16)15-5-2-1-3-6-15/h9H,1-8H2,(H2,12,14). The molecule has 2 fully saturated rings.